The van der Waals surface area contributed by atoms with Crippen LogP contribution >= 0.6 is 11.5 Å². The number of hydrogen-bond donors (Lipinski definition) is 1. The Hall–Kier alpha value is -1.95. The average Bonchev–Trinajstić information content (AvgIpc) is 2.83. The van der Waals surface area contributed by atoms with Gasteiger partial charge >= 0.3 is 0 Å². The first kappa shape index (κ1) is 13.5. The maximum atomic E-state index is 12.3. The number of rotatable bonds is 3. The molecule has 1 atom stereocenters. The summed E-state index contributed by atoms with van der Waals surface area (Å²) in [4.78, 5) is 14.4. The lowest BCUT2D eigenvalue weighted by atomic mass is 10.1. The van der Waals surface area contributed by atoms with Crippen LogP contribution in [0.2, 0.25) is 0 Å². The molecule has 0 spiro atoms. The summed E-state index contributed by atoms with van der Waals surface area (Å²) in [5.41, 5.74) is 1.35. The van der Waals surface area contributed by atoms with E-state index in [-0.39, 0.29) is 17.7 Å². The molecule has 0 aliphatic carbocycles. The molecule has 19 heavy (non-hydrogen) atoms. The van der Waals surface area contributed by atoms with Crippen LogP contribution in [0.25, 0.3) is 0 Å². The van der Waals surface area contributed by atoms with Crippen molar-refractivity contribution in [2.75, 3.05) is 7.05 Å². The molecule has 1 aromatic heterocycles. The van der Waals surface area contributed by atoms with E-state index in [1.165, 1.54) is 0 Å². The number of carbonyl (C=O) groups excluding carboxylic acids is 1. The topological polar surface area (TPSA) is 66.3 Å². The summed E-state index contributed by atoms with van der Waals surface area (Å²) in [5.74, 6) is 0.0528. The second kappa shape index (κ2) is 5.36. The molecule has 0 bridgehead atoms. The van der Waals surface area contributed by atoms with Crippen LogP contribution in [0.5, 0.6) is 5.75 Å². The Bertz CT molecular complexity index is 597. The molecule has 2 aromatic rings. The zero-order valence-electron chi connectivity index (χ0n) is 11.0. The number of para-hydroxylation sites is 1. The lowest BCUT2D eigenvalue weighted by molar-refractivity contribution is 0.0745. The first-order chi connectivity index (χ1) is 9.02. The fourth-order valence-electron chi connectivity index (χ4n) is 1.81. The van der Waals surface area contributed by atoms with E-state index in [1.807, 2.05) is 19.1 Å². The Balaban J connectivity index is 2.25. The predicted molar refractivity (Wildman–Crippen MR) is 73.3 cm³/mol. The van der Waals surface area contributed by atoms with Crippen LogP contribution in [-0.4, -0.2) is 32.5 Å². The van der Waals surface area contributed by atoms with Crippen molar-refractivity contribution in [1.82, 2.24) is 14.5 Å². The van der Waals surface area contributed by atoms with Crippen LogP contribution in [-0.2, 0) is 0 Å². The van der Waals surface area contributed by atoms with Crippen molar-refractivity contribution >= 4 is 17.4 Å². The monoisotopic (exact) mass is 277 g/mol. The summed E-state index contributed by atoms with van der Waals surface area (Å²) in [6, 6.07) is 6.79. The largest absolute Gasteiger partial charge is 0.508 e. The third-order valence-electron chi connectivity index (χ3n) is 3.13. The van der Waals surface area contributed by atoms with E-state index in [4.69, 9.17) is 0 Å². The van der Waals surface area contributed by atoms with Gasteiger partial charge in [-0.2, -0.15) is 0 Å². The zero-order chi connectivity index (χ0) is 14.0. The number of phenolic OH excluding ortho intramolecular Hbond substituents is 1. The molecule has 0 radical (unpaired) electrons. The quantitative estimate of drug-likeness (QED) is 0.935. The summed E-state index contributed by atoms with van der Waals surface area (Å²) in [6.45, 7) is 3.63. The Morgan fingerprint density at radius 1 is 1.42 bits per heavy atom. The fraction of sp³-hybridized carbons (Fsp3) is 0.308. The van der Waals surface area contributed by atoms with Crippen molar-refractivity contribution in [2.24, 2.45) is 0 Å². The molecule has 1 amide bonds. The first-order valence-electron chi connectivity index (χ1n) is 5.86. The van der Waals surface area contributed by atoms with E-state index in [0.717, 1.165) is 11.5 Å². The minimum atomic E-state index is -0.227. The van der Waals surface area contributed by atoms with E-state index in [0.29, 0.717) is 16.1 Å². The average molecular weight is 277 g/mol. The standard InChI is InChI=1S/C13H15N3O2S/c1-8-12(19-15-14-8)13(18)16(3)9(2)10-6-4-5-7-11(10)17/h4-7,9,17H,1-3H3. The number of phenols is 1. The molecule has 0 aliphatic heterocycles. The smallest absolute Gasteiger partial charge is 0.267 e. The molecule has 1 heterocycles. The molecular weight excluding hydrogens is 262 g/mol. The Morgan fingerprint density at radius 2 is 2.11 bits per heavy atom. The summed E-state index contributed by atoms with van der Waals surface area (Å²) >= 11 is 1.09. The molecule has 0 saturated heterocycles. The number of nitrogens with zero attached hydrogens (tertiary/aromatic N) is 3. The Labute approximate surface area is 115 Å². The van der Waals surface area contributed by atoms with Gasteiger partial charge in [0.15, 0.2) is 0 Å². The van der Waals surface area contributed by atoms with Gasteiger partial charge < -0.3 is 10.0 Å². The zero-order valence-corrected chi connectivity index (χ0v) is 11.8. The Kier molecular flexibility index (Phi) is 3.80. The molecule has 1 N–H and O–H groups in total. The highest BCUT2D eigenvalue weighted by atomic mass is 32.1. The maximum absolute atomic E-state index is 12.3. The lowest BCUT2D eigenvalue weighted by Gasteiger charge is -2.25. The molecule has 5 nitrogen and oxygen atoms in total. The third kappa shape index (κ3) is 2.58. The molecule has 0 saturated carbocycles. The number of aromatic nitrogens is 2. The molecule has 0 fully saturated rings. The molecular formula is C13H15N3O2S. The Morgan fingerprint density at radius 3 is 2.68 bits per heavy atom. The molecule has 1 unspecified atom stereocenters. The molecule has 1 aromatic carbocycles. The molecule has 100 valence electrons. The van der Waals surface area contributed by atoms with Crippen molar-refractivity contribution in [2.45, 2.75) is 19.9 Å². The minimum Gasteiger partial charge on any atom is -0.508 e. The van der Waals surface area contributed by atoms with Crippen LogP contribution in [0.1, 0.15) is 33.9 Å². The minimum absolute atomic E-state index is 0.136. The van der Waals surface area contributed by atoms with Gasteiger partial charge in [-0.05, 0) is 31.4 Å². The van der Waals surface area contributed by atoms with Gasteiger partial charge in [0, 0.05) is 12.6 Å². The van der Waals surface area contributed by atoms with Crippen molar-refractivity contribution < 1.29 is 9.90 Å². The van der Waals surface area contributed by atoms with Crippen molar-refractivity contribution in [3.8, 4) is 5.75 Å². The summed E-state index contributed by atoms with van der Waals surface area (Å²) in [5, 5.41) is 13.7. The van der Waals surface area contributed by atoms with Crippen LogP contribution in [0.4, 0.5) is 0 Å². The van der Waals surface area contributed by atoms with E-state index < -0.39 is 0 Å². The normalized spacial score (nSPS) is 12.2. The lowest BCUT2D eigenvalue weighted by Crippen LogP contribution is -2.29. The van der Waals surface area contributed by atoms with Gasteiger partial charge in [0.05, 0.1) is 11.7 Å². The van der Waals surface area contributed by atoms with Crippen molar-refractivity contribution in [1.29, 1.82) is 0 Å². The number of amides is 1. The van der Waals surface area contributed by atoms with E-state index in [2.05, 4.69) is 9.59 Å². The third-order valence-corrected chi connectivity index (χ3v) is 3.95. The van der Waals surface area contributed by atoms with E-state index in [1.54, 1.807) is 31.0 Å². The summed E-state index contributed by atoms with van der Waals surface area (Å²) < 4.78 is 3.77. The number of hydrogen-bond acceptors (Lipinski definition) is 5. The second-order valence-electron chi connectivity index (χ2n) is 4.34. The highest BCUT2D eigenvalue weighted by Gasteiger charge is 2.23. The number of aryl methyl sites for hydroxylation is 1. The van der Waals surface area contributed by atoms with Crippen LogP contribution in [0.15, 0.2) is 24.3 Å². The van der Waals surface area contributed by atoms with E-state index >= 15 is 0 Å². The second-order valence-corrected chi connectivity index (χ2v) is 5.09. The van der Waals surface area contributed by atoms with Crippen molar-refractivity contribution in [3.05, 3.63) is 40.4 Å². The summed E-state index contributed by atoms with van der Waals surface area (Å²) in [6.07, 6.45) is 0. The van der Waals surface area contributed by atoms with Gasteiger partial charge in [0.2, 0.25) is 0 Å². The van der Waals surface area contributed by atoms with Crippen LogP contribution < -0.4 is 0 Å². The van der Waals surface area contributed by atoms with Gasteiger partial charge in [-0.25, -0.2) is 0 Å². The number of carbonyl (C=O) groups is 1. The number of benzene rings is 1. The SMILES string of the molecule is Cc1nnsc1C(=O)N(C)C(C)c1ccccc1O. The molecule has 2 rings (SSSR count). The maximum Gasteiger partial charge on any atom is 0.267 e. The molecule has 0 aliphatic rings. The van der Waals surface area contributed by atoms with Crippen LogP contribution in [0.3, 0.4) is 0 Å². The summed E-state index contributed by atoms with van der Waals surface area (Å²) in [7, 11) is 1.71. The number of aromatic hydroxyl groups is 1. The predicted octanol–water partition coefficient (Wildman–Crippen LogP) is 2.39. The fourth-order valence-corrected chi connectivity index (χ4v) is 2.45. The highest BCUT2D eigenvalue weighted by Crippen LogP contribution is 2.28. The van der Waals surface area contributed by atoms with Gasteiger partial charge in [-0.15, -0.1) is 5.10 Å². The first-order valence-corrected chi connectivity index (χ1v) is 6.63. The molecule has 6 heteroatoms. The van der Waals surface area contributed by atoms with Crippen LogP contribution in [0, 0.1) is 6.92 Å². The van der Waals surface area contributed by atoms with Gasteiger partial charge in [0.25, 0.3) is 5.91 Å². The highest BCUT2D eigenvalue weighted by molar-refractivity contribution is 7.07. The van der Waals surface area contributed by atoms with Crippen molar-refractivity contribution in [3.63, 3.8) is 0 Å². The van der Waals surface area contributed by atoms with Gasteiger partial charge in [-0.3, -0.25) is 4.79 Å². The van der Waals surface area contributed by atoms with Gasteiger partial charge in [0.1, 0.15) is 10.6 Å². The van der Waals surface area contributed by atoms with Gasteiger partial charge in [-0.1, -0.05) is 22.7 Å². The van der Waals surface area contributed by atoms with E-state index in [9.17, 15) is 9.90 Å².